The molecule has 9 heteroatoms. The Bertz CT molecular complexity index is 1630. The standard InChI is InChI=1S/C32H36N4O4.C4H10O/c1-22-26(20-30(37)38)31-35-15-13-32(2,14-16-35)40-18-7-3-6-17-39-28-12-5-4-11-25(28)23-9-8-10-24(19-23)27-21-29(33-22)36(31)34-27;1-4(2,3)5/h4-5,8-12,19,21H,3,6-7,13-18,20H2,1-2H3,(H,37,38);5H,1-3H3. The molecule has 0 atom stereocenters. The third-order valence-corrected chi connectivity index (χ3v) is 8.18. The number of carboxylic acid groups (broad SMARTS) is 1. The van der Waals surface area contributed by atoms with Gasteiger partial charge in [-0.2, -0.15) is 9.61 Å². The molecule has 0 amide bonds. The number of fused-ring (bicyclic) bond motifs is 8. The molecule has 0 radical (unpaired) electrons. The number of hydrogen-bond donors (Lipinski definition) is 2. The number of carbonyl (C=O) groups is 1. The number of rotatable bonds is 2. The number of aromatic nitrogens is 3. The van der Waals surface area contributed by atoms with Crippen molar-refractivity contribution in [3.63, 3.8) is 0 Å². The minimum Gasteiger partial charge on any atom is -0.493 e. The van der Waals surface area contributed by atoms with Crippen molar-refractivity contribution in [2.75, 3.05) is 31.2 Å². The second kappa shape index (κ2) is 13.6. The number of benzene rings is 2. The molecule has 0 aliphatic carbocycles. The molecule has 4 aromatic rings. The minimum absolute atomic E-state index is 0.101. The van der Waals surface area contributed by atoms with E-state index in [1.54, 1.807) is 20.8 Å². The van der Waals surface area contributed by atoms with Gasteiger partial charge in [-0.05, 0) is 84.4 Å². The quantitative estimate of drug-likeness (QED) is 0.256. The highest BCUT2D eigenvalue weighted by Gasteiger charge is 2.33. The highest BCUT2D eigenvalue weighted by atomic mass is 16.5. The third-order valence-electron chi connectivity index (χ3n) is 8.18. The smallest absolute Gasteiger partial charge is 0.308 e. The number of nitrogens with zero attached hydrogens (tertiary/aromatic N) is 4. The van der Waals surface area contributed by atoms with Crippen molar-refractivity contribution in [1.29, 1.82) is 0 Å². The normalized spacial score (nSPS) is 16.8. The van der Waals surface area contributed by atoms with E-state index in [0.29, 0.717) is 17.8 Å². The van der Waals surface area contributed by atoms with E-state index in [-0.39, 0.29) is 12.0 Å². The van der Waals surface area contributed by atoms with Crippen LogP contribution in [-0.2, 0) is 16.0 Å². The van der Waals surface area contributed by atoms with Gasteiger partial charge in [-0.25, -0.2) is 4.98 Å². The monoisotopic (exact) mass is 614 g/mol. The van der Waals surface area contributed by atoms with Crippen molar-refractivity contribution in [3.05, 3.63) is 65.9 Å². The van der Waals surface area contributed by atoms with Crippen molar-refractivity contribution in [1.82, 2.24) is 14.6 Å². The number of aliphatic carboxylic acids is 1. The van der Waals surface area contributed by atoms with Crippen LogP contribution in [0.5, 0.6) is 5.75 Å². The Balaban J connectivity index is 0.000000743. The fourth-order valence-corrected chi connectivity index (χ4v) is 5.85. The van der Waals surface area contributed by atoms with Crippen LogP contribution in [0, 0.1) is 6.92 Å². The van der Waals surface area contributed by atoms with E-state index < -0.39 is 11.6 Å². The van der Waals surface area contributed by atoms with Gasteiger partial charge in [-0.15, -0.1) is 0 Å². The Labute approximate surface area is 265 Å². The summed E-state index contributed by atoms with van der Waals surface area (Å²) >= 11 is 0. The summed E-state index contributed by atoms with van der Waals surface area (Å²) in [4.78, 5) is 19.0. The zero-order chi connectivity index (χ0) is 32.2. The molecule has 3 aliphatic heterocycles. The van der Waals surface area contributed by atoms with Crippen molar-refractivity contribution >= 4 is 17.4 Å². The van der Waals surface area contributed by atoms with E-state index in [0.717, 1.165) is 91.4 Å². The zero-order valence-electron chi connectivity index (χ0n) is 27.2. The highest BCUT2D eigenvalue weighted by molar-refractivity contribution is 5.78. The molecule has 2 N–H and O–H groups in total. The number of aliphatic hydroxyl groups is 1. The van der Waals surface area contributed by atoms with Crippen LogP contribution in [0.3, 0.4) is 0 Å². The van der Waals surface area contributed by atoms with E-state index in [9.17, 15) is 9.90 Å². The van der Waals surface area contributed by atoms with Crippen molar-refractivity contribution in [2.45, 2.75) is 84.3 Å². The van der Waals surface area contributed by atoms with Crippen molar-refractivity contribution in [2.24, 2.45) is 0 Å². The Morgan fingerprint density at radius 1 is 0.978 bits per heavy atom. The van der Waals surface area contributed by atoms with Crippen LogP contribution in [0.1, 0.15) is 71.1 Å². The van der Waals surface area contributed by atoms with Gasteiger partial charge in [0, 0.05) is 48.1 Å². The average molecular weight is 615 g/mol. The molecular weight excluding hydrogens is 568 g/mol. The van der Waals surface area contributed by atoms with E-state index in [2.05, 4.69) is 36.1 Å². The first-order chi connectivity index (χ1) is 21.4. The molecule has 240 valence electrons. The summed E-state index contributed by atoms with van der Waals surface area (Å²) in [6.07, 6.45) is 4.64. The molecule has 0 spiro atoms. The fourth-order valence-electron chi connectivity index (χ4n) is 5.85. The van der Waals surface area contributed by atoms with Gasteiger partial charge in [0.05, 0.1) is 29.9 Å². The lowest BCUT2D eigenvalue weighted by molar-refractivity contribution is -0.136. The van der Waals surface area contributed by atoms with E-state index in [1.165, 1.54) is 0 Å². The molecule has 5 heterocycles. The molecule has 2 aromatic heterocycles. The highest BCUT2D eigenvalue weighted by Crippen LogP contribution is 2.36. The van der Waals surface area contributed by atoms with Crippen LogP contribution in [0.15, 0.2) is 54.6 Å². The largest absolute Gasteiger partial charge is 0.493 e. The van der Waals surface area contributed by atoms with Gasteiger partial charge in [0.15, 0.2) is 5.65 Å². The van der Waals surface area contributed by atoms with Gasteiger partial charge in [0.2, 0.25) is 0 Å². The molecule has 9 nitrogen and oxygen atoms in total. The lowest BCUT2D eigenvalue weighted by Crippen LogP contribution is -2.45. The second-order valence-corrected chi connectivity index (χ2v) is 13.3. The van der Waals surface area contributed by atoms with Crippen molar-refractivity contribution < 1.29 is 24.5 Å². The number of anilines is 1. The predicted octanol–water partition coefficient (Wildman–Crippen LogP) is 6.71. The Kier molecular flexibility index (Phi) is 9.79. The molecule has 0 unspecified atom stereocenters. The molecule has 2 aromatic carbocycles. The average Bonchev–Trinajstić information content (AvgIpc) is 3.40. The Morgan fingerprint density at radius 2 is 1.67 bits per heavy atom. The van der Waals surface area contributed by atoms with E-state index in [1.807, 2.05) is 41.8 Å². The van der Waals surface area contributed by atoms with Gasteiger partial charge in [-0.3, -0.25) is 4.79 Å². The Hall–Kier alpha value is -3.95. The van der Waals surface area contributed by atoms with Crippen LogP contribution >= 0.6 is 0 Å². The second-order valence-electron chi connectivity index (χ2n) is 13.3. The molecule has 3 aliphatic rings. The summed E-state index contributed by atoms with van der Waals surface area (Å²) in [5.74, 6) is 0.816. The van der Waals surface area contributed by atoms with E-state index >= 15 is 0 Å². The zero-order valence-corrected chi connectivity index (χ0v) is 27.2. The first kappa shape index (κ1) is 32.4. The number of hydrogen-bond acceptors (Lipinski definition) is 7. The summed E-state index contributed by atoms with van der Waals surface area (Å²) in [6, 6.07) is 18.5. The van der Waals surface area contributed by atoms with Crippen LogP contribution in [-0.4, -0.2) is 68.3 Å². The molecule has 1 saturated heterocycles. The van der Waals surface area contributed by atoms with Gasteiger partial charge < -0.3 is 24.6 Å². The molecule has 0 saturated carbocycles. The summed E-state index contributed by atoms with van der Waals surface area (Å²) in [7, 11) is 0. The maximum atomic E-state index is 11.9. The third kappa shape index (κ3) is 8.21. The van der Waals surface area contributed by atoms with Gasteiger partial charge in [-0.1, -0.05) is 36.4 Å². The summed E-state index contributed by atoms with van der Waals surface area (Å²) in [6.45, 7) is 12.2. The number of aryl methyl sites for hydroxylation is 1. The van der Waals surface area contributed by atoms with Crippen LogP contribution in [0.2, 0.25) is 0 Å². The van der Waals surface area contributed by atoms with Crippen LogP contribution in [0.25, 0.3) is 28.0 Å². The molecule has 6 bridgehead atoms. The first-order valence-corrected chi connectivity index (χ1v) is 16.0. The summed E-state index contributed by atoms with van der Waals surface area (Å²) in [5, 5.41) is 23.3. The molecule has 45 heavy (non-hydrogen) atoms. The summed E-state index contributed by atoms with van der Waals surface area (Å²) in [5.41, 5.74) is 5.30. The van der Waals surface area contributed by atoms with Gasteiger partial charge >= 0.3 is 5.97 Å². The number of ether oxygens (including phenoxy) is 2. The molecule has 1 fully saturated rings. The van der Waals surface area contributed by atoms with Crippen LogP contribution in [0.4, 0.5) is 5.82 Å². The minimum atomic E-state index is -0.877. The number of piperidine rings is 1. The number of para-hydroxylation sites is 1. The Morgan fingerprint density at radius 3 is 2.40 bits per heavy atom. The number of carboxylic acids is 1. The predicted molar refractivity (Wildman–Crippen MR) is 177 cm³/mol. The maximum Gasteiger partial charge on any atom is 0.308 e. The van der Waals surface area contributed by atoms with Gasteiger partial charge in [0.1, 0.15) is 11.6 Å². The fraction of sp³-hybridized carbons (Fsp3) is 0.472. The first-order valence-electron chi connectivity index (χ1n) is 16.0. The lowest BCUT2D eigenvalue weighted by Gasteiger charge is -2.41. The van der Waals surface area contributed by atoms with Crippen LogP contribution < -0.4 is 9.64 Å². The lowest BCUT2D eigenvalue weighted by atomic mass is 9.92. The SMILES string of the molecule is CC(C)(C)O.Cc1nc2cc3nn2c(c1CC(=O)O)N1CCC(C)(CC1)OCCCCCOc1ccccc1-c1cccc-3c1. The molecule has 7 rings (SSSR count). The topological polar surface area (TPSA) is 109 Å². The maximum absolute atomic E-state index is 11.9. The summed E-state index contributed by atoms with van der Waals surface area (Å²) < 4.78 is 14.5. The van der Waals surface area contributed by atoms with Crippen molar-refractivity contribution in [3.8, 4) is 28.1 Å². The van der Waals surface area contributed by atoms with E-state index in [4.69, 9.17) is 24.7 Å². The molecular formula is C36H46N4O5. The van der Waals surface area contributed by atoms with Gasteiger partial charge in [0.25, 0.3) is 0 Å².